The van der Waals surface area contributed by atoms with Crippen LogP contribution in [0.1, 0.15) is 0 Å². The first-order chi connectivity index (χ1) is 6.54. The molecule has 0 amide bonds. The van der Waals surface area contributed by atoms with Crippen LogP contribution in [0.3, 0.4) is 0 Å². The zero-order chi connectivity index (χ0) is 10.6. The van der Waals surface area contributed by atoms with Crippen molar-refractivity contribution in [3.8, 4) is 12.0 Å². The van der Waals surface area contributed by atoms with Crippen LogP contribution in [0.4, 0.5) is 0 Å². The molecular formula is C8H15N3O2S. The average molecular weight is 217 g/mol. The van der Waals surface area contributed by atoms with Gasteiger partial charge in [-0.2, -0.15) is 4.31 Å². The molecule has 0 unspecified atom stereocenters. The number of hydrogen-bond acceptors (Lipinski definition) is 4. The number of piperazine rings is 1. The standard InChI is InChI=1S/C8H15N3O2S/c1-14(12,13)11-7-5-10(6-8-11)4-2-3-9/h4-9H2,1H3. The molecule has 1 saturated heterocycles. The third-order valence-corrected chi connectivity index (χ3v) is 3.51. The third kappa shape index (κ3) is 3.18. The first-order valence-corrected chi connectivity index (χ1v) is 6.25. The van der Waals surface area contributed by atoms with Crippen molar-refractivity contribution in [1.82, 2.24) is 9.21 Å². The fourth-order valence-corrected chi connectivity index (χ4v) is 2.20. The second kappa shape index (κ2) is 4.64. The number of hydrogen-bond donors (Lipinski definition) is 1. The molecule has 1 heterocycles. The summed E-state index contributed by atoms with van der Waals surface area (Å²) in [4.78, 5) is 2.08. The Balaban J connectivity index is 2.41. The minimum Gasteiger partial charge on any atom is -0.359 e. The summed E-state index contributed by atoms with van der Waals surface area (Å²) in [5, 5.41) is 0. The van der Waals surface area contributed by atoms with Gasteiger partial charge < -0.3 is 5.73 Å². The van der Waals surface area contributed by atoms with Crippen molar-refractivity contribution >= 4 is 10.0 Å². The van der Waals surface area contributed by atoms with Crippen molar-refractivity contribution in [3.05, 3.63) is 0 Å². The Labute approximate surface area is 84.9 Å². The van der Waals surface area contributed by atoms with Crippen LogP contribution in [0.5, 0.6) is 0 Å². The Morgan fingerprint density at radius 1 is 1.29 bits per heavy atom. The lowest BCUT2D eigenvalue weighted by Gasteiger charge is -2.31. The Morgan fingerprint density at radius 2 is 1.86 bits per heavy atom. The largest absolute Gasteiger partial charge is 0.359 e. The monoisotopic (exact) mass is 217 g/mol. The molecule has 0 spiro atoms. The third-order valence-electron chi connectivity index (χ3n) is 2.21. The highest BCUT2D eigenvalue weighted by Crippen LogP contribution is 2.04. The van der Waals surface area contributed by atoms with Crippen molar-refractivity contribution in [1.29, 1.82) is 0 Å². The second-order valence-electron chi connectivity index (χ2n) is 3.26. The van der Waals surface area contributed by atoms with Gasteiger partial charge in [-0.3, -0.25) is 4.90 Å². The Bertz CT molecular complexity index is 333. The normalized spacial score (nSPS) is 20.1. The molecule has 5 nitrogen and oxygen atoms in total. The molecule has 80 valence electrons. The summed E-state index contributed by atoms with van der Waals surface area (Å²) < 4.78 is 23.8. The van der Waals surface area contributed by atoms with Crippen LogP contribution in [0.2, 0.25) is 0 Å². The van der Waals surface area contributed by atoms with E-state index in [9.17, 15) is 8.42 Å². The summed E-state index contributed by atoms with van der Waals surface area (Å²) in [6.07, 6.45) is 1.24. The Hall–Kier alpha value is -0.770. The van der Waals surface area contributed by atoms with Gasteiger partial charge in [-0.15, -0.1) is 0 Å². The van der Waals surface area contributed by atoms with Crippen LogP contribution in [0.15, 0.2) is 0 Å². The molecule has 6 heteroatoms. The van der Waals surface area contributed by atoms with Gasteiger partial charge in [0.15, 0.2) is 0 Å². The van der Waals surface area contributed by atoms with Crippen molar-refractivity contribution in [2.75, 3.05) is 39.0 Å². The SMILES string of the molecule is CS(=O)(=O)N1CCN(CC#CN)CC1. The van der Waals surface area contributed by atoms with Crippen LogP contribution >= 0.6 is 0 Å². The maximum Gasteiger partial charge on any atom is 0.211 e. The fourth-order valence-electron chi connectivity index (χ4n) is 1.38. The highest BCUT2D eigenvalue weighted by atomic mass is 32.2. The van der Waals surface area contributed by atoms with Gasteiger partial charge >= 0.3 is 0 Å². The van der Waals surface area contributed by atoms with Crippen LogP contribution in [0, 0.1) is 12.0 Å². The first kappa shape index (κ1) is 11.3. The van der Waals surface area contributed by atoms with Crippen molar-refractivity contribution in [3.63, 3.8) is 0 Å². The molecule has 0 aromatic carbocycles. The lowest BCUT2D eigenvalue weighted by molar-refractivity contribution is 0.207. The smallest absolute Gasteiger partial charge is 0.211 e. The van der Waals surface area contributed by atoms with E-state index in [1.165, 1.54) is 10.6 Å². The Kier molecular flexibility index (Phi) is 3.75. The van der Waals surface area contributed by atoms with E-state index in [4.69, 9.17) is 5.73 Å². The van der Waals surface area contributed by atoms with Crippen molar-refractivity contribution in [2.45, 2.75) is 0 Å². The van der Waals surface area contributed by atoms with E-state index in [-0.39, 0.29) is 0 Å². The van der Waals surface area contributed by atoms with E-state index in [1.54, 1.807) is 0 Å². The molecular weight excluding hydrogens is 202 g/mol. The summed E-state index contributed by atoms with van der Waals surface area (Å²) in [6, 6.07) is 2.33. The summed E-state index contributed by atoms with van der Waals surface area (Å²) in [6.45, 7) is 3.16. The van der Waals surface area contributed by atoms with Gasteiger partial charge in [0.25, 0.3) is 0 Å². The molecule has 0 bridgehead atoms. The molecule has 1 aliphatic heterocycles. The fraction of sp³-hybridized carbons (Fsp3) is 0.750. The highest BCUT2D eigenvalue weighted by Gasteiger charge is 2.22. The van der Waals surface area contributed by atoms with Crippen molar-refractivity contribution in [2.24, 2.45) is 5.73 Å². The van der Waals surface area contributed by atoms with E-state index in [0.29, 0.717) is 19.6 Å². The molecule has 14 heavy (non-hydrogen) atoms. The first-order valence-electron chi connectivity index (χ1n) is 4.40. The van der Waals surface area contributed by atoms with Crippen LogP contribution in [-0.4, -0.2) is 56.6 Å². The van der Waals surface area contributed by atoms with Gasteiger partial charge in [0.2, 0.25) is 10.0 Å². The van der Waals surface area contributed by atoms with Gasteiger partial charge in [0.1, 0.15) is 0 Å². The minimum absolute atomic E-state index is 0.547. The van der Waals surface area contributed by atoms with E-state index >= 15 is 0 Å². The zero-order valence-electron chi connectivity index (χ0n) is 8.23. The maximum absolute atomic E-state index is 11.2. The van der Waals surface area contributed by atoms with Gasteiger partial charge in [0, 0.05) is 32.2 Å². The van der Waals surface area contributed by atoms with Gasteiger partial charge in [-0.25, -0.2) is 8.42 Å². The second-order valence-corrected chi connectivity index (χ2v) is 5.24. The number of nitrogens with two attached hydrogens (primary N) is 1. The molecule has 0 atom stereocenters. The molecule has 0 radical (unpaired) electrons. The molecule has 1 aliphatic rings. The molecule has 0 saturated carbocycles. The number of rotatable bonds is 2. The number of nitrogens with zero attached hydrogens (tertiary/aromatic N) is 2. The van der Waals surface area contributed by atoms with E-state index in [0.717, 1.165) is 13.1 Å². The summed E-state index contributed by atoms with van der Waals surface area (Å²) >= 11 is 0. The van der Waals surface area contributed by atoms with Crippen LogP contribution in [-0.2, 0) is 10.0 Å². The van der Waals surface area contributed by atoms with Gasteiger partial charge in [-0.05, 0) is 0 Å². The number of sulfonamides is 1. The van der Waals surface area contributed by atoms with Crippen LogP contribution in [0.25, 0.3) is 0 Å². The summed E-state index contributed by atoms with van der Waals surface area (Å²) in [5.41, 5.74) is 5.05. The molecule has 0 aliphatic carbocycles. The van der Waals surface area contributed by atoms with E-state index in [2.05, 4.69) is 16.9 Å². The van der Waals surface area contributed by atoms with E-state index < -0.39 is 10.0 Å². The van der Waals surface area contributed by atoms with E-state index in [1.807, 2.05) is 0 Å². The van der Waals surface area contributed by atoms with Crippen LogP contribution < -0.4 is 5.73 Å². The summed E-state index contributed by atoms with van der Waals surface area (Å²) in [5.74, 6) is 2.76. The summed E-state index contributed by atoms with van der Waals surface area (Å²) in [7, 11) is -3.02. The molecule has 1 fully saturated rings. The quantitative estimate of drug-likeness (QED) is 0.451. The van der Waals surface area contributed by atoms with Crippen molar-refractivity contribution < 1.29 is 8.42 Å². The molecule has 0 aromatic rings. The zero-order valence-corrected chi connectivity index (χ0v) is 9.05. The molecule has 2 N–H and O–H groups in total. The maximum atomic E-state index is 11.2. The molecule has 0 aromatic heterocycles. The van der Waals surface area contributed by atoms with Gasteiger partial charge in [-0.1, -0.05) is 5.92 Å². The predicted octanol–water partition coefficient (Wildman–Crippen LogP) is -1.52. The highest BCUT2D eigenvalue weighted by molar-refractivity contribution is 7.88. The predicted molar refractivity (Wildman–Crippen MR) is 54.8 cm³/mol. The lowest BCUT2D eigenvalue weighted by atomic mass is 10.3. The lowest BCUT2D eigenvalue weighted by Crippen LogP contribution is -2.48. The average Bonchev–Trinajstić information content (AvgIpc) is 2.14. The topological polar surface area (TPSA) is 66.6 Å². The molecule has 1 rings (SSSR count). The Morgan fingerprint density at radius 3 is 2.29 bits per heavy atom. The van der Waals surface area contributed by atoms with Gasteiger partial charge in [0.05, 0.1) is 12.8 Å². The minimum atomic E-state index is -3.02.